The number of rotatable bonds is 2. The Bertz CT molecular complexity index is 597. The van der Waals surface area contributed by atoms with Gasteiger partial charge in [-0.3, -0.25) is 4.79 Å². The van der Waals surface area contributed by atoms with E-state index in [1.165, 1.54) is 4.90 Å². The summed E-state index contributed by atoms with van der Waals surface area (Å²) in [4.78, 5) is 25.3. The molecule has 0 aliphatic carbocycles. The molecule has 0 aromatic heterocycles. The van der Waals surface area contributed by atoms with Crippen LogP contribution in [0.4, 0.5) is 0 Å². The van der Waals surface area contributed by atoms with Crippen molar-refractivity contribution in [2.45, 2.75) is 12.8 Å². The van der Waals surface area contributed by atoms with E-state index < -0.39 is 17.4 Å². The van der Waals surface area contributed by atoms with E-state index in [4.69, 9.17) is 46.4 Å². The average Bonchev–Trinajstić information content (AvgIpc) is 2.93. The highest BCUT2D eigenvalue weighted by molar-refractivity contribution is 6.54. The fourth-order valence-electron chi connectivity index (χ4n) is 2.11. The molecule has 1 heterocycles. The van der Waals surface area contributed by atoms with Crippen molar-refractivity contribution in [1.82, 2.24) is 4.90 Å². The summed E-state index contributed by atoms with van der Waals surface area (Å²) in [5.74, 6) is -1.87. The number of amides is 1. The average molecular weight is 357 g/mol. The Hall–Kier alpha value is -0.680. The smallest absolute Gasteiger partial charge is 0.338 e. The monoisotopic (exact) mass is 355 g/mol. The number of hydrogen-bond acceptors (Lipinski definition) is 2. The fourth-order valence-corrected chi connectivity index (χ4v) is 3.13. The second-order valence-corrected chi connectivity index (χ2v) is 5.82. The van der Waals surface area contributed by atoms with Crippen molar-refractivity contribution in [2.75, 3.05) is 13.1 Å². The van der Waals surface area contributed by atoms with Crippen LogP contribution in [-0.2, 0) is 0 Å². The summed E-state index contributed by atoms with van der Waals surface area (Å²) in [7, 11) is 0. The van der Waals surface area contributed by atoms with Gasteiger partial charge in [-0.2, -0.15) is 0 Å². The van der Waals surface area contributed by atoms with Gasteiger partial charge in [0.15, 0.2) is 0 Å². The lowest BCUT2D eigenvalue weighted by Crippen LogP contribution is -2.29. The number of benzene rings is 1. The molecule has 1 aromatic rings. The molecule has 1 aliphatic heterocycles. The van der Waals surface area contributed by atoms with Gasteiger partial charge in [-0.1, -0.05) is 46.4 Å². The molecule has 0 saturated carbocycles. The van der Waals surface area contributed by atoms with E-state index >= 15 is 0 Å². The zero-order chi connectivity index (χ0) is 15.0. The summed E-state index contributed by atoms with van der Waals surface area (Å²) in [6, 6.07) is 0. The molecule has 20 heavy (non-hydrogen) atoms. The van der Waals surface area contributed by atoms with Crippen LogP contribution in [0.1, 0.15) is 33.6 Å². The molecule has 8 heteroatoms. The van der Waals surface area contributed by atoms with Gasteiger partial charge < -0.3 is 10.0 Å². The number of nitrogens with zero attached hydrogens (tertiary/aromatic N) is 1. The maximum atomic E-state index is 12.4. The summed E-state index contributed by atoms with van der Waals surface area (Å²) in [5, 5.41) is 8.50. The Morgan fingerprint density at radius 1 is 0.850 bits per heavy atom. The van der Waals surface area contributed by atoms with Gasteiger partial charge in [0.2, 0.25) is 0 Å². The van der Waals surface area contributed by atoms with E-state index in [1.807, 2.05) is 0 Å². The van der Waals surface area contributed by atoms with Crippen LogP contribution in [-0.4, -0.2) is 35.0 Å². The molecule has 1 fully saturated rings. The van der Waals surface area contributed by atoms with E-state index in [2.05, 4.69) is 0 Å². The first-order valence-corrected chi connectivity index (χ1v) is 7.26. The third-order valence-corrected chi connectivity index (χ3v) is 4.89. The lowest BCUT2D eigenvalue weighted by Gasteiger charge is -2.19. The van der Waals surface area contributed by atoms with Gasteiger partial charge >= 0.3 is 5.97 Å². The summed E-state index contributed by atoms with van der Waals surface area (Å²) >= 11 is 23.6. The molecule has 108 valence electrons. The number of aromatic carboxylic acids is 1. The molecule has 1 N–H and O–H groups in total. The minimum atomic E-state index is -1.38. The predicted octanol–water partition coefficient (Wildman–Crippen LogP) is 4.23. The first-order chi connectivity index (χ1) is 9.36. The number of hydrogen-bond donors (Lipinski definition) is 1. The number of halogens is 4. The minimum absolute atomic E-state index is 0.120. The molecule has 1 aromatic carbocycles. The van der Waals surface area contributed by atoms with Crippen LogP contribution in [0.25, 0.3) is 0 Å². The van der Waals surface area contributed by atoms with E-state index in [9.17, 15) is 14.7 Å². The van der Waals surface area contributed by atoms with Crippen molar-refractivity contribution < 1.29 is 14.7 Å². The van der Waals surface area contributed by atoms with Crippen molar-refractivity contribution in [2.24, 2.45) is 0 Å². The van der Waals surface area contributed by atoms with Crippen LogP contribution >= 0.6 is 46.4 Å². The largest absolute Gasteiger partial charge is 0.478 e. The molecule has 0 unspecified atom stereocenters. The van der Waals surface area contributed by atoms with Crippen molar-refractivity contribution in [3.63, 3.8) is 0 Å². The van der Waals surface area contributed by atoms with Gasteiger partial charge in [-0.15, -0.1) is 0 Å². The SMILES string of the molecule is O=C(O)c1c(Cl)c(Cl)c(Cl)c(Cl)c1C(=O)N1CCCC1. The van der Waals surface area contributed by atoms with Crippen LogP contribution < -0.4 is 0 Å². The molecule has 4 nitrogen and oxygen atoms in total. The summed E-state index contributed by atoms with van der Waals surface area (Å²) in [6.07, 6.45) is 1.72. The number of carbonyl (C=O) groups excluding carboxylic acids is 1. The van der Waals surface area contributed by atoms with Crippen molar-refractivity contribution in [3.8, 4) is 0 Å². The van der Waals surface area contributed by atoms with Crippen molar-refractivity contribution in [1.29, 1.82) is 0 Å². The van der Waals surface area contributed by atoms with Crippen LogP contribution in [0.3, 0.4) is 0 Å². The molecule has 0 radical (unpaired) electrons. The van der Waals surface area contributed by atoms with Gasteiger partial charge in [0, 0.05) is 13.1 Å². The number of carboxylic acids is 1. The predicted molar refractivity (Wildman–Crippen MR) is 78.6 cm³/mol. The van der Waals surface area contributed by atoms with Gasteiger partial charge in [-0.25, -0.2) is 4.79 Å². The Kier molecular flexibility index (Phi) is 4.69. The second kappa shape index (κ2) is 5.98. The van der Waals surface area contributed by atoms with Gasteiger partial charge in [0.1, 0.15) is 0 Å². The molecule has 2 rings (SSSR count). The van der Waals surface area contributed by atoms with Crippen molar-refractivity contribution >= 4 is 58.3 Å². The fraction of sp³-hybridized carbons (Fsp3) is 0.333. The van der Waals surface area contributed by atoms with Gasteiger partial charge in [0.05, 0.1) is 31.2 Å². The lowest BCUT2D eigenvalue weighted by atomic mass is 10.1. The molecule has 0 atom stereocenters. The summed E-state index contributed by atoms with van der Waals surface area (Å²) in [6.45, 7) is 1.10. The molecule has 0 bridgehead atoms. The molecule has 1 saturated heterocycles. The van der Waals surface area contributed by atoms with Crippen LogP contribution in [0.15, 0.2) is 0 Å². The van der Waals surface area contributed by atoms with E-state index in [-0.39, 0.29) is 25.7 Å². The zero-order valence-corrected chi connectivity index (χ0v) is 13.1. The molecular weight excluding hydrogens is 348 g/mol. The Morgan fingerprint density at radius 2 is 1.30 bits per heavy atom. The molecule has 1 aliphatic rings. The first kappa shape index (κ1) is 15.7. The molecular formula is C12H9Cl4NO3. The highest BCUT2D eigenvalue weighted by Crippen LogP contribution is 2.42. The Balaban J connectivity index is 2.67. The Morgan fingerprint density at radius 3 is 1.75 bits per heavy atom. The standard InChI is InChI=1S/C12H9Cl4NO3/c13-7-5(11(18)17-3-1-2-4-17)6(12(19)20)8(14)10(16)9(7)15/h1-4H2,(H,19,20). The zero-order valence-electron chi connectivity index (χ0n) is 10.1. The highest BCUT2D eigenvalue weighted by atomic mass is 35.5. The second-order valence-electron chi connectivity index (χ2n) is 4.31. The number of likely N-dealkylation sites (tertiary alicyclic amines) is 1. The van der Waals surface area contributed by atoms with Crippen LogP contribution in [0.2, 0.25) is 20.1 Å². The van der Waals surface area contributed by atoms with E-state index in [0.29, 0.717) is 13.1 Å². The van der Waals surface area contributed by atoms with Crippen LogP contribution in [0.5, 0.6) is 0 Å². The molecule has 0 spiro atoms. The number of carbonyl (C=O) groups is 2. The third kappa shape index (κ3) is 2.58. The maximum absolute atomic E-state index is 12.4. The van der Waals surface area contributed by atoms with Gasteiger partial charge in [-0.05, 0) is 12.8 Å². The summed E-state index contributed by atoms with van der Waals surface area (Å²) in [5.41, 5.74) is -0.622. The minimum Gasteiger partial charge on any atom is -0.478 e. The topological polar surface area (TPSA) is 57.6 Å². The van der Waals surface area contributed by atoms with Crippen LogP contribution in [0, 0.1) is 0 Å². The summed E-state index contributed by atoms with van der Waals surface area (Å²) < 4.78 is 0. The highest BCUT2D eigenvalue weighted by Gasteiger charge is 2.32. The maximum Gasteiger partial charge on any atom is 0.338 e. The van der Waals surface area contributed by atoms with Crippen molar-refractivity contribution in [3.05, 3.63) is 31.2 Å². The Labute approximate surface area is 135 Å². The van der Waals surface area contributed by atoms with E-state index in [1.54, 1.807) is 0 Å². The van der Waals surface area contributed by atoms with E-state index in [0.717, 1.165) is 12.8 Å². The number of carboxylic acid groups (broad SMARTS) is 1. The lowest BCUT2D eigenvalue weighted by molar-refractivity contribution is 0.0681. The first-order valence-electron chi connectivity index (χ1n) is 5.74. The van der Waals surface area contributed by atoms with Gasteiger partial charge in [0.25, 0.3) is 5.91 Å². The third-order valence-electron chi connectivity index (χ3n) is 3.09. The molecule has 1 amide bonds. The quantitative estimate of drug-likeness (QED) is 0.637. The normalized spacial score (nSPS) is 14.7.